The van der Waals surface area contributed by atoms with Crippen LogP contribution >= 0.6 is 11.3 Å². The number of aromatic nitrogens is 1. The maximum Gasteiger partial charge on any atom is 0.254 e. The van der Waals surface area contributed by atoms with Gasteiger partial charge in [-0.15, -0.1) is 11.3 Å². The first kappa shape index (κ1) is 32.7. The fourth-order valence-corrected chi connectivity index (χ4v) is 5.61. The Labute approximate surface area is 263 Å². The van der Waals surface area contributed by atoms with E-state index in [9.17, 15) is 14.7 Å². The molecule has 232 valence electrons. The Morgan fingerprint density at radius 1 is 0.977 bits per heavy atom. The molecule has 0 aliphatic rings. The van der Waals surface area contributed by atoms with Crippen LogP contribution in [0.25, 0.3) is 0 Å². The van der Waals surface area contributed by atoms with Crippen LogP contribution in [-0.4, -0.2) is 73.7 Å². The van der Waals surface area contributed by atoms with E-state index in [0.29, 0.717) is 30.6 Å². The van der Waals surface area contributed by atoms with Crippen LogP contribution < -0.4 is 20.3 Å². The third-order valence-corrected chi connectivity index (χ3v) is 8.18. The Kier molecular flexibility index (Phi) is 11.5. The Bertz CT molecular complexity index is 1540. The lowest BCUT2D eigenvalue weighted by molar-refractivity contribution is 0.0784. The second kappa shape index (κ2) is 15.5. The van der Waals surface area contributed by atoms with Gasteiger partial charge < -0.3 is 30.3 Å². The number of nitrogens with one attached hydrogen (secondary N) is 2. The van der Waals surface area contributed by atoms with E-state index < -0.39 is 12.1 Å². The van der Waals surface area contributed by atoms with Crippen molar-refractivity contribution >= 4 is 28.8 Å². The van der Waals surface area contributed by atoms with Gasteiger partial charge in [-0.1, -0.05) is 42.5 Å². The molecule has 4 rings (SSSR count). The number of aryl methyl sites for hydroxylation is 1. The van der Waals surface area contributed by atoms with Crippen molar-refractivity contribution < 1.29 is 19.4 Å². The number of benzene rings is 3. The first-order chi connectivity index (χ1) is 21.1. The molecule has 0 fully saturated rings. The topological polar surface area (TPSA) is 107 Å². The highest BCUT2D eigenvalue weighted by atomic mass is 32.1. The van der Waals surface area contributed by atoms with Crippen LogP contribution in [0, 0.1) is 6.92 Å². The maximum atomic E-state index is 13.7. The normalized spacial score (nSPS) is 12.3. The van der Waals surface area contributed by atoms with Gasteiger partial charge >= 0.3 is 0 Å². The summed E-state index contributed by atoms with van der Waals surface area (Å²) in [5.41, 5.74) is 4.39. The van der Waals surface area contributed by atoms with Crippen molar-refractivity contribution in [2.75, 3.05) is 39.7 Å². The summed E-state index contributed by atoms with van der Waals surface area (Å²) < 4.78 is 5.31. The first-order valence-electron chi connectivity index (χ1n) is 14.5. The average Bonchev–Trinajstić information content (AvgIpc) is 3.44. The van der Waals surface area contributed by atoms with Crippen LogP contribution in [0.4, 0.5) is 5.69 Å². The van der Waals surface area contributed by atoms with E-state index in [-0.39, 0.29) is 18.4 Å². The zero-order valence-corrected chi connectivity index (χ0v) is 26.7. The number of amides is 2. The van der Waals surface area contributed by atoms with E-state index in [4.69, 9.17) is 4.74 Å². The number of aliphatic hydroxyl groups is 1. The summed E-state index contributed by atoms with van der Waals surface area (Å²) in [7, 11) is 7.08. The SMILES string of the molecule is COc1cccc(CNC[C@@H](O)[C@H](Cc2ccccc2)NC(=O)c2cc(C(=O)N(C)Cc3nc(C)cs3)cc(N(C)C)c2)c1. The molecule has 1 aromatic heterocycles. The number of hydrogen-bond acceptors (Lipinski definition) is 8. The summed E-state index contributed by atoms with van der Waals surface area (Å²) in [5.74, 6) is 0.188. The number of nitrogens with zero attached hydrogens (tertiary/aromatic N) is 3. The predicted molar refractivity (Wildman–Crippen MR) is 176 cm³/mol. The van der Waals surface area contributed by atoms with Gasteiger partial charge in [0.05, 0.1) is 25.8 Å². The van der Waals surface area contributed by atoms with Crippen LogP contribution in [0.1, 0.15) is 42.5 Å². The van der Waals surface area contributed by atoms with Gasteiger partial charge in [0.1, 0.15) is 10.8 Å². The molecule has 10 heteroatoms. The monoisotopic (exact) mass is 615 g/mol. The van der Waals surface area contributed by atoms with Crippen molar-refractivity contribution in [3.05, 3.63) is 111 Å². The second-order valence-electron chi connectivity index (χ2n) is 11.0. The summed E-state index contributed by atoms with van der Waals surface area (Å²) in [6.07, 6.45) is -0.445. The fraction of sp³-hybridized carbons (Fsp3) is 0.324. The maximum absolute atomic E-state index is 13.7. The number of carbonyl (C=O) groups is 2. The van der Waals surface area contributed by atoms with Crippen molar-refractivity contribution in [2.45, 2.75) is 38.6 Å². The van der Waals surface area contributed by atoms with Crippen molar-refractivity contribution in [1.29, 1.82) is 0 Å². The summed E-state index contributed by atoms with van der Waals surface area (Å²) >= 11 is 1.51. The van der Waals surface area contributed by atoms with Gasteiger partial charge in [0.25, 0.3) is 11.8 Å². The number of rotatable bonds is 14. The van der Waals surface area contributed by atoms with Gasteiger partial charge in [0, 0.05) is 62.1 Å². The van der Waals surface area contributed by atoms with Crippen molar-refractivity contribution in [3.8, 4) is 5.75 Å². The third-order valence-electron chi connectivity index (χ3n) is 7.23. The minimum Gasteiger partial charge on any atom is -0.497 e. The predicted octanol–water partition coefficient (Wildman–Crippen LogP) is 4.29. The van der Waals surface area contributed by atoms with Crippen LogP contribution in [-0.2, 0) is 19.5 Å². The Morgan fingerprint density at radius 2 is 1.70 bits per heavy atom. The van der Waals surface area contributed by atoms with Gasteiger partial charge in [-0.05, 0) is 54.8 Å². The molecular formula is C34H41N5O4S. The van der Waals surface area contributed by atoms with Crippen molar-refractivity contribution in [2.24, 2.45) is 0 Å². The smallest absolute Gasteiger partial charge is 0.254 e. The van der Waals surface area contributed by atoms with E-state index in [1.165, 1.54) is 11.3 Å². The van der Waals surface area contributed by atoms with Crippen LogP contribution in [0.3, 0.4) is 0 Å². The average molecular weight is 616 g/mol. The lowest BCUT2D eigenvalue weighted by Gasteiger charge is -2.25. The number of hydrogen-bond donors (Lipinski definition) is 3. The molecule has 2 amide bonds. The molecule has 2 atom stereocenters. The highest BCUT2D eigenvalue weighted by Gasteiger charge is 2.24. The van der Waals surface area contributed by atoms with Gasteiger partial charge in [-0.25, -0.2) is 4.98 Å². The summed E-state index contributed by atoms with van der Waals surface area (Å²) in [6.45, 7) is 3.09. The zero-order valence-electron chi connectivity index (χ0n) is 25.9. The lowest BCUT2D eigenvalue weighted by atomic mass is 10.00. The molecule has 0 aliphatic carbocycles. The molecule has 9 nitrogen and oxygen atoms in total. The van der Waals surface area contributed by atoms with Gasteiger partial charge in [-0.3, -0.25) is 9.59 Å². The lowest BCUT2D eigenvalue weighted by Crippen LogP contribution is -2.48. The quantitative estimate of drug-likeness (QED) is 0.194. The standard InChI is InChI=1S/C34H41N5O4S/c1-23-22-44-32(36-23)21-39(4)34(42)27-16-26(17-28(18-27)38(2)3)33(41)37-30(15-24-10-7-6-8-11-24)31(40)20-35-19-25-12-9-13-29(14-25)43-5/h6-14,16-18,22,30-31,35,40H,15,19-21H2,1-5H3,(H,37,41)/t30-,31+/m0/s1. The third kappa shape index (κ3) is 9.12. The van der Waals surface area contributed by atoms with E-state index in [1.54, 1.807) is 37.3 Å². The molecule has 1 heterocycles. The van der Waals surface area contributed by atoms with E-state index in [0.717, 1.165) is 33.3 Å². The molecule has 3 N–H and O–H groups in total. The van der Waals surface area contributed by atoms with Crippen LogP contribution in [0.5, 0.6) is 5.75 Å². The van der Waals surface area contributed by atoms with E-state index in [1.807, 2.05) is 85.9 Å². The minimum absolute atomic E-state index is 0.210. The Morgan fingerprint density at radius 3 is 2.39 bits per heavy atom. The number of thiazole rings is 1. The molecule has 0 spiro atoms. The van der Waals surface area contributed by atoms with Gasteiger partial charge in [0.2, 0.25) is 0 Å². The molecule has 0 radical (unpaired) electrons. The fourth-order valence-electron chi connectivity index (χ4n) is 4.79. The molecule has 0 aliphatic heterocycles. The molecule has 3 aromatic carbocycles. The van der Waals surface area contributed by atoms with Gasteiger partial charge in [0.15, 0.2) is 0 Å². The zero-order chi connectivity index (χ0) is 31.6. The second-order valence-corrected chi connectivity index (χ2v) is 12.0. The van der Waals surface area contributed by atoms with Crippen LogP contribution in [0.2, 0.25) is 0 Å². The largest absolute Gasteiger partial charge is 0.497 e. The Balaban J connectivity index is 1.51. The molecule has 44 heavy (non-hydrogen) atoms. The number of aliphatic hydroxyl groups excluding tert-OH is 1. The molecule has 4 aromatic rings. The number of anilines is 1. The van der Waals surface area contributed by atoms with Crippen molar-refractivity contribution in [3.63, 3.8) is 0 Å². The Hall–Kier alpha value is -4.25. The number of carbonyl (C=O) groups excluding carboxylic acids is 2. The highest BCUT2D eigenvalue weighted by molar-refractivity contribution is 7.09. The first-order valence-corrected chi connectivity index (χ1v) is 15.4. The summed E-state index contributed by atoms with van der Waals surface area (Å²) in [5, 5.41) is 20.4. The van der Waals surface area contributed by atoms with Gasteiger partial charge in [-0.2, -0.15) is 0 Å². The summed E-state index contributed by atoms with van der Waals surface area (Å²) in [4.78, 5) is 35.1. The molecule has 0 bridgehead atoms. The molecular weight excluding hydrogens is 574 g/mol. The molecule has 0 unspecified atom stereocenters. The van der Waals surface area contributed by atoms with E-state index in [2.05, 4.69) is 15.6 Å². The van der Waals surface area contributed by atoms with Crippen LogP contribution in [0.15, 0.2) is 78.2 Å². The number of ether oxygens (including phenoxy) is 1. The summed E-state index contributed by atoms with van der Waals surface area (Å²) in [6, 6.07) is 22.0. The molecule has 0 saturated heterocycles. The van der Waals surface area contributed by atoms with Crippen molar-refractivity contribution in [1.82, 2.24) is 20.5 Å². The number of methoxy groups -OCH3 is 1. The van der Waals surface area contributed by atoms with E-state index >= 15 is 0 Å². The highest BCUT2D eigenvalue weighted by Crippen LogP contribution is 2.21. The minimum atomic E-state index is -0.879. The molecule has 0 saturated carbocycles.